The minimum Gasteiger partial charge on any atom is -0.366 e. The minimum atomic E-state index is -0.0975. The van der Waals surface area contributed by atoms with Crippen molar-refractivity contribution in [3.63, 3.8) is 0 Å². The maximum atomic E-state index is 12.3. The predicted molar refractivity (Wildman–Crippen MR) is 108 cm³/mol. The van der Waals surface area contributed by atoms with E-state index in [1.165, 1.54) is 11.1 Å². The van der Waals surface area contributed by atoms with Crippen LogP contribution < -0.4 is 10.6 Å². The van der Waals surface area contributed by atoms with E-state index in [4.69, 9.17) is 4.98 Å². The van der Waals surface area contributed by atoms with E-state index in [1.54, 1.807) is 0 Å². The summed E-state index contributed by atoms with van der Waals surface area (Å²) in [6.07, 6.45) is 1.51. The number of hydrogen-bond donors (Lipinski definition) is 2. The van der Waals surface area contributed by atoms with Gasteiger partial charge in [-0.25, -0.2) is 9.97 Å². The Kier molecular flexibility index (Phi) is 6.06. The van der Waals surface area contributed by atoms with Gasteiger partial charge >= 0.3 is 0 Å². The Bertz CT molecular complexity index is 816. The van der Waals surface area contributed by atoms with Gasteiger partial charge in [0.1, 0.15) is 17.3 Å². The van der Waals surface area contributed by atoms with Gasteiger partial charge in [-0.15, -0.1) is 0 Å². The highest BCUT2D eigenvalue weighted by Gasteiger charge is 2.24. The Labute approximate surface area is 161 Å². The first-order chi connectivity index (χ1) is 12.9. The fourth-order valence-electron chi connectivity index (χ4n) is 3.35. The summed E-state index contributed by atoms with van der Waals surface area (Å²) in [4.78, 5) is 23.7. The Morgan fingerprint density at radius 3 is 2.63 bits per heavy atom. The van der Waals surface area contributed by atoms with Gasteiger partial charge in [0.25, 0.3) is 5.91 Å². The third-order valence-corrected chi connectivity index (χ3v) is 4.57. The number of fused-ring (bicyclic) bond motifs is 1. The van der Waals surface area contributed by atoms with Crippen molar-refractivity contribution in [3.8, 4) is 0 Å². The molecule has 1 aromatic heterocycles. The molecule has 0 radical (unpaired) electrons. The first-order valence-corrected chi connectivity index (χ1v) is 9.57. The molecule has 0 fully saturated rings. The minimum absolute atomic E-state index is 0.0975. The fourth-order valence-corrected chi connectivity index (χ4v) is 3.35. The summed E-state index contributed by atoms with van der Waals surface area (Å²) in [6.45, 7) is 6.46. The molecule has 0 bridgehead atoms. The molecule has 0 spiro atoms. The van der Waals surface area contributed by atoms with E-state index in [9.17, 15) is 4.79 Å². The molecule has 6 nitrogen and oxygen atoms in total. The topological polar surface area (TPSA) is 70.2 Å². The van der Waals surface area contributed by atoms with Gasteiger partial charge in [0.15, 0.2) is 0 Å². The molecule has 0 saturated carbocycles. The van der Waals surface area contributed by atoms with Crippen LogP contribution in [0.2, 0.25) is 0 Å². The molecule has 1 aromatic carbocycles. The van der Waals surface area contributed by atoms with Crippen molar-refractivity contribution < 1.29 is 4.79 Å². The Morgan fingerprint density at radius 2 is 1.93 bits per heavy atom. The zero-order chi connectivity index (χ0) is 19.4. The second-order valence-corrected chi connectivity index (χ2v) is 7.78. The van der Waals surface area contributed by atoms with Crippen LogP contribution in [0, 0.1) is 5.92 Å². The largest absolute Gasteiger partial charge is 0.366 e. The lowest BCUT2D eigenvalue weighted by Gasteiger charge is -2.21. The molecule has 1 amide bonds. The summed E-state index contributed by atoms with van der Waals surface area (Å²) in [7, 11) is 4.14. The third kappa shape index (κ3) is 4.83. The van der Waals surface area contributed by atoms with Crippen molar-refractivity contribution in [1.29, 1.82) is 0 Å². The summed E-state index contributed by atoms with van der Waals surface area (Å²) in [5.74, 6) is 1.86. The normalized spacial score (nSPS) is 13.6. The van der Waals surface area contributed by atoms with E-state index in [2.05, 4.69) is 72.7 Å². The van der Waals surface area contributed by atoms with Crippen LogP contribution in [0.5, 0.6) is 0 Å². The number of hydrogen-bond acceptors (Lipinski definition) is 5. The van der Waals surface area contributed by atoms with E-state index < -0.39 is 0 Å². The highest BCUT2D eigenvalue weighted by atomic mass is 16.1. The van der Waals surface area contributed by atoms with Gasteiger partial charge in [0.05, 0.1) is 0 Å². The highest BCUT2D eigenvalue weighted by molar-refractivity contribution is 5.96. The van der Waals surface area contributed by atoms with Crippen LogP contribution in [0.25, 0.3) is 0 Å². The van der Waals surface area contributed by atoms with E-state index >= 15 is 0 Å². The van der Waals surface area contributed by atoms with E-state index in [-0.39, 0.29) is 5.91 Å². The van der Waals surface area contributed by atoms with Crippen molar-refractivity contribution in [1.82, 2.24) is 20.2 Å². The SMILES string of the molecule is CC(C)Cc1nc(NCc2ccccc2CN(C)C)c2c(n1)C(=O)NCC2. The molecular weight excluding hydrogens is 338 g/mol. The number of rotatable bonds is 7. The van der Waals surface area contributed by atoms with Crippen LogP contribution in [-0.2, 0) is 25.9 Å². The average molecular weight is 367 g/mol. The smallest absolute Gasteiger partial charge is 0.270 e. The summed E-state index contributed by atoms with van der Waals surface area (Å²) in [6, 6.07) is 8.43. The Balaban J connectivity index is 1.88. The van der Waals surface area contributed by atoms with Crippen molar-refractivity contribution >= 4 is 11.7 Å². The molecule has 2 aromatic rings. The summed E-state index contributed by atoms with van der Waals surface area (Å²) >= 11 is 0. The van der Waals surface area contributed by atoms with Gasteiger partial charge in [0.2, 0.25) is 0 Å². The molecule has 0 aliphatic carbocycles. The standard InChI is InChI=1S/C21H29N5O/c1-14(2)11-18-24-19-17(9-10-22-21(19)27)20(25-18)23-12-15-7-5-6-8-16(15)13-26(3)4/h5-8,14H,9-13H2,1-4H3,(H,22,27)(H,23,24,25). The number of aromatic nitrogens is 2. The summed E-state index contributed by atoms with van der Waals surface area (Å²) in [5.41, 5.74) is 3.98. The van der Waals surface area contributed by atoms with Gasteiger partial charge in [-0.1, -0.05) is 38.1 Å². The van der Waals surface area contributed by atoms with Gasteiger partial charge in [0, 0.05) is 31.6 Å². The zero-order valence-electron chi connectivity index (χ0n) is 16.7. The first kappa shape index (κ1) is 19.3. The Hall–Kier alpha value is -2.47. The van der Waals surface area contributed by atoms with E-state index in [0.717, 1.165) is 36.6 Å². The first-order valence-electron chi connectivity index (χ1n) is 9.57. The van der Waals surface area contributed by atoms with Gasteiger partial charge in [-0.05, 0) is 37.6 Å². The lowest BCUT2D eigenvalue weighted by molar-refractivity contribution is 0.0940. The maximum absolute atomic E-state index is 12.3. The number of amides is 1. The second-order valence-electron chi connectivity index (χ2n) is 7.78. The van der Waals surface area contributed by atoms with Crippen molar-refractivity contribution in [2.24, 2.45) is 5.92 Å². The van der Waals surface area contributed by atoms with Crippen LogP contribution in [-0.4, -0.2) is 41.4 Å². The van der Waals surface area contributed by atoms with E-state index in [1.807, 2.05) is 0 Å². The van der Waals surface area contributed by atoms with Crippen molar-refractivity contribution in [2.45, 2.75) is 39.8 Å². The van der Waals surface area contributed by atoms with Crippen molar-refractivity contribution in [3.05, 3.63) is 52.5 Å². The molecule has 2 heterocycles. The van der Waals surface area contributed by atoms with Gasteiger partial charge < -0.3 is 15.5 Å². The number of nitrogens with one attached hydrogen (secondary N) is 2. The number of anilines is 1. The third-order valence-electron chi connectivity index (χ3n) is 4.57. The lowest BCUT2D eigenvalue weighted by atomic mass is 10.0. The molecule has 3 rings (SSSR count). The van der Waals surface area contributed by atoms with Crippen LogP contribution in [0.4, 0.5) is 5.82 Å². The molecule has 0 saturated heterocycles. The molecule has 1 aliphatic rings. The average Bonchev–Trinajstić information content (AvgIpc) is 2.60. The zero-order valence-corrected chi connectivity index (χ0v) is 16.7. The van der Waals surface area contributed by atoms with Crippen molar-refractivity contribution in [2.75, 3.05) is 26.0 Å². The van der Waals surface area contributed by atoms with Crippen LogP contribution in [0.3, 0.4) is 0 Å². The summed E-state index contributed by atoms with van der Waals surface area (Å²) in [5, 5.41) is 6.38. The fraction of sp³-hybridized carbons (Fsp3) is 0.476. The maximum Gasteiger partial charge on any atom is 0.270 e. The molecule has 6 heteroatoms. The van der Waals surface area contributed by atoms with E-state index in [0.29, 0.717) is 24.7 Å². The summed E-state index contributed by atoms with van der Waals surface area (Å²) < 4.78 is 0. The number of carbonyl (C=O) groups excluding carboxylic acids is 1. The second kappa shape index (κ2) is 8.48. The quantitative estimate of drug-likeness (QED) is 0.787. The molecular formula is C21H29N5O. The van der Waals surface area contributed by atoms with Crippen LogP contribution in [0.15, 0.2) is 24.3 Å². The highest BCUT2D eigenvalue weighted by Crippen LogP contribution is 2.22. The molecule has 0 unspecified atom stereocenters. The van der Waals surface area contributed by atoms with Gasteiger partial charge in [-0.3, -0.25) is 4.79 Å². The number of benzene rings is 1. The lowest BCUT2D eigenvalue weighted by Crippen LogP contribution is -2.34. The predicted octanol–water partition coefficient (Wildman–Crippen LogP) is 2.63. The molecule has 144 valence electrons. The molecule has 1 aliphatic heterocycles. The molecule has 2 N–H and O–H groups in total. The van der Waals surface area contributed by atoms with Crippen LogP contribution in [0.1, 0.15) is 46.9 Å². The Morgan fingerprint density at radius 1 is 1.19 bits per heavy atom. The number of carbonyl (C=O) groups is 1. The number of nitrogens with zero attached hydrogens (tertiary/aromatic N) is 3. The molecule has 0 atom stereocenters. The monoisotopic (exact) mass is 367 g/mol. The van der Waals surface area contributed by atoms with Gasteiger partial charge in [-0.2, -0.15) is 0 Å². The van der Waals surface area contributed by atoms with Crippen LogP contribution >= 0.6 is 0 Å². The molecule has 27 heavy (non-hydrogen) atoms.